The molecule has 1 aromatic heterocycles. The molecule has 2 aliphatic rings. The molecular formula is C41H27N3S. The van der Waals surface area contributed by atoms with Crippen LogP contribution in [0, 0.1) is 0 Å². The number of hydrogen-bond donors (Lipinski definition) is 0. The molecule has 9 rings (SSSR count). The summed E-state index contributed by atoms with van der Waals surface area (Å²) in [6.45, 7) is 0. The highest BCUT2D eigenvalue weighted by atomic mass is 32.2. The van der Waals surface area contributed by atoms with Crippen LogP contribution in [0.15, 0.2) is 151 Å². The number of aromatic nitrogens is 2. The molecule has 45 heavy (non-hydrogen) atoms. The number of fused-ring (bicyclic) bond motifs is 6. The van der Waals surface area contributed by atoms with E-state index in [0.717, 1.165) is 38.9 Å². The lowest BCUT2D eigenvalue weighted by molar-refractivity contribution is 0.773. The molecule has 4 heteroatoms. The lowest BCUT2D eigenvalue weighted by Crippen LogP contribution is -2.12. The second-order valence-electron chi connectivity index (χ2n) is 11.6. The van der Waals surface area contributed by atoms with Crippen LogP contribution in [0.2, 0.25) is 0 Å². The third-order valence-electron chi connectivity index (χ3n) is 8.79. The van der Waals surface area contributed by atoms with E-state index in [-0.39, 0.29) is 11.3 Å². The summed E-state index contributed by atoms with van der Waals surface area (Å²) >= 11 is 1.87. The van der Waals surface area contributed by atoms with Gasteiger partial charge in [-0.2, -0.15) is 0 Å². The Kier molecular flexibility index (Phi) is 6.20. The topological polar surface area (TPSA) is 38.1 Å². The molecule has 0 radical (unpaired) electrons. The van der Waals surface area contributed by atoms with Gasteiger partial charge in [0.05, 0.1) is 27.7 Å². The zero-order valence-corrected chi connectivity index (χ0v) is 25.2. The number of hydrogen-bond acceptors (Lipinski definition) is 4. The van der Waals surface area contributed by atoms with Crippen molar-refractivity contribution in [3.63, 3.8) is 0 Å². The highest BCUT2D eigenvalue weighted by Gasteiger charge is 2.35. The third kappa shape index (κ3) is 4.66. The zero-order chi connectivity index (χ0) is 29.7. The molecule has 2 unspecified atom stereocenters. The minimum absolute atomic E-state index is 0.0772. The highest BCUT2D eigenvalue weighted by Crippen LogP contribution is 2.47. The second kappa shape index (κ2) is 10.7. The predicted octanol–water partition coefficient (Wildman–Crippen LogP) is 10.4. The van der Waals surface area contributed by atoms with Gasteiger partial charge in [-0.3, -0.25) is 4.99 Å². The van der Waals surface area contributed by atoms with Gasteiger partial charge in [0.1, 0.15) is 0 Å². The Morgan fingerprint density at radius 1 is 0.511 bits per heavy atom. The lowest BCUT2D eigenvalue weighted by atomic mass is 9.87. The third-order valence-corrected chi connectivity index (χ3v) is 10.0. The summed E-state index contributed by atoms with van der Waals surface area (Å²) in [5.74, 6) is 0.723. The first-order chi connectivity index (χ1) is 22.3. The van der Waals surface area contributed by atoms with E-state index in [2.05, 4.69) is 140 Å². The van der Waals surface area contributed by atoms with E-state index in [0.29, 0.717) is 0 Å². The van der Waals surface area contributed by atoms with Crippen LogP contribution >= 0.6 is 11.8 Å². The van der Waals surface area contributed by atoms with E-state index in [1.165, 1.54) is 38.2 Å². The molecule has 3 nitrogen and oxygen atoms in total. The Bertz CT molecular complexity index is 2250. The maximum absolute atomic E-state index is 5.35. The number of benzene rings is 6. The van der Waals surface area contributed by atoms with Crippen molar-refractivity contribution in [1.29, 1.82) is 0 Å². The van der Waals surface area contributed by atoms with E-state index < -0.39 is 0 Å². The Labute approximate surface area is 266 Å². The average molecular weight is 594 g/mol. The first-order valence-corrected chi connectivity index (χ1v) is 16.1. The van der Waals surface area contributed by atoms with Crippen LogP contribution in [0.1, 0.15) is 22.7 Å². The van der Waals surface area contributed by atoms with Gasteiger partial charge in [-0.25, -0.2) is 9.97 Å². The van der Waals surface area contributed by atoms with Crippen molar-refractivity contribution in [3.05, 3.63) is 162 Å². The van der Waals surface area contributed by atoms with Crippen molar-refractivity contribution in [2.24, 2.45) is 4.99 Å². The molecular weight excluding hydrogens is 567 g/mol. The Morgan fingerprint density at radius 2 is 1.16 bits per heavy atom. The largest absolute Gasteiger partial charge is 0.268 e. The molecule has 0 bridgehead atoms. The van der Waals surface area contributed by atoms with Gasteiger partial charge in [-0.1, -0.05) is 145 Å². The van der Waals surface area contributed by atoms with Gasteiger partial charge in [0.25, 0.3) is 0 Å². The molecule has 0 fully saturated rings. The summed E-state index contributed by atoms with van der Waals surface area (Å²) in [5, 5.41) is 6.31. The zero-order valence-electron chi connectivity index (χ0n) is 24.3. The van der Waals surface area contributed by atoms with Gasteiger partial charge in [0.2, 0.25) is 0 Å². The van der Waals surface area contributed by atoms with E-state index >= 15 is 0 Å². The van der Waals surface area contributed by atoms with Crippen molar-refractivity contribution in [3.8, 4) is 33.9 Å². The smallest absolute Gasteiger partial charge is 0.160 e. The molecule has 0 saturated heterocycles. The van der Waals surface area contributed by atoms with Crippen LogP contribution in [0.3, 0.4) is 0 Å². The first kappa shape index (κ1) is 26.1. The highest BCUT2D eigenvalue weighted by molar-refractivity contribution is 8.15. The molecule has 0 spiro atoms. The van der Waals surface area contributed by atoms with Gasteiger partial charge < -0.3 is 0 Å². The predicted molar refractivity (Wildman–Crippen MR) is 189 cm³/mol. The van der Waals surface area contributed by atoms with Crippen LogP contribution in [0.4, 0.5) is 0 Å². The van der Waals surface area contributed by atoms with E-state index in [1.54, 1.807) is 0 Å². The fourth-order valence-corrected chi connectivity index (χ4v) is 7.71. The SMILES string of the molecule is C1=CC2SC(c3ccc4ccccc4c3)=NC2c2c1ccc1cc(-c3nc(-c4ccccc4)cc(-c4ccccc4)n3)ccc21. The standard InChI is InChI=1S/C41H27N3S/c1-3-10-27(11-4-1)35-25-36(28-12-5-2-6-13-28)43-40(42-35)32-19-21-34-31(24-32)17-16-29-20-22-37-39(38(29)34)44-41(45-37)33-18-15-26-9-7-8-14-30(26)23-33/h1-25,37,39H. The van der Waals surface area contributed by atoms with Crippen LogP contribution < -0.4 is 0 Å². The molecule has 7 aromatic rings. The monoisotopic (exact) mass is 593 g/mol. The molecule has 1 aliphatic heterocycles. The van der Waals surface area contributed by atoms with E-state index in [4.69, 9.17) is 15.0 Å². The minimum Gasteiger partial charge on any atom is -0.268 e. The molecule has 6 aromatic carbocycles. The van der Waals surface area contributed by atoms with Crippen molar-refractivity contribution in [1.82, 2.24) is 9.97 Å². The molecule has 1 aliphatic carbocycles. The molecule has 0 amide bonds. The minimum atomic E-state index is 0.0772. The maximum atomic E-state index is 5.35. The van der Waals surface area contributed by atoms with Crippen molar-refractivity contribution in [2.75, 3.05) is 0 Å². The van der Waals surface area contributed by atoms with E-state index in [1.807, 2.05) is 23.9 Å². The number of aliphatic imine (C=N–C) groups is 1. The summed E-state index contributed by atoms with van der Waals surface area (Å²) in [4.78, 5) is 15.5. The summed E-state index contributed by atoms with van der Waals surface area (Å²) in [7, 11) is 0. The second-order valence-corrected chi connectivity index (χ2v) is 12.7. The van der Waals surface area contributed by atoms with Gasteiger partial charge in [-0.15, -0.1) is 0 Å². The number of nitrogens with zero attached hydrogens (tertiary/aromatic N) is 3. The van der Waals surface area contributed by atoms with Gasteiger partial charge >= 0.3 is 0 Å². The van der Waals surface area contributed by atoms with Crippen LogP contribution in [0.25, 0.3) is 61.5 Å². The molecule has 0 N–H and O–H groups in total. The maximum Gasteiger partial charge on any atom is 0.160 e. The Morgan fingerprint density at radius 3 is 1.91 bits per heavy atom. The van der Waals surface area contributed by atoms with E-state index in [9.17, 15) is 0 Å². The molecule has 212 valence electrons. The van der Waals surface area contributed by atoms with Gasteiger partial charge in [0, 0.05) is 22.3 Å². The normalized spacial score (nSPS) is 16.8. The molecule has 0 saturated carbocycles. The molecule has 2 heterocycles. The van der Waals surface area contributed by atoms with Crippen molar-refractivity contribution >= 4 is 44.4 Å². The Balaban J connectivity index is 1.14. The Hall–Kier alpha value is -5.32. The van der Waals surface area contributed by atoms with Crippen LogP contribution in [-0.2, 0) is 0 Å². The quantitative estimate of drug-likeness (QED) is 0.204. The summed E-state index contributed by atoms with van der Waals surface area (Å²) in [6.07, 6.45) is 4.59. The summed E-state index contributed by atoms with van der Waals surface area (Å²) < 4.78 is 0. The summed E-state index contributed by atoms with van der Waals surface area (Å²) in [5.41, 5.74) is 8.72. The van der Waals surface area contributed by atoms with Crippen LogP contribution in [-0.4, -0.2) is 20.3 Å². The number of rotatable bonds is 4. The van der Waals surface area contributed by atoms with Crippen molar-refractivity contribution < 1.29 is 0 Å². The molecule has 2 atom stereocenters. The van der Waals surface area contributed by atoms with Crippen LogP contribution in [0.5, 0.6) is 0 Å². The van der Waals surface area contributed by atoms with Gasteiger partial charge in [0.15, 0.2) is 5.82 Å². The lowest BCUT2D eigenvalue weighted by Gasteiger charge is -2.23. The summed E-state index contributed by atoms with van der Waals surface area (Å²) in [6, 6.07) is 49.1. The van der Waals surface area contributed by atoms with Crippen molar-refractivity contribution in [2.45, 2.75) is 11.3 Å². The van der Waals surface area contributed by atoms with Gasteiger partial charge in [-0.05, 0) is 50.9 Å². The fraction of sp³-hybridized carbons (Fsp3) is 0.0488. The average Bonchev–Trinajstić information content (AvgIpc) is 3.56. The first-order valence-electron chi connectivity index (χ1n) is 15.3. The fourth-order valence-electron chi connectivity index (χ4n) is 6.54. The number of thioether (sulfide) groups is 1.